The topological polar surface area (TPSA) is 30.2 Å². The van der Waals surface area contributed by atoms with Gasteiger partial charge in [0.05, 0.1) is 12.5 Å². The molecule has 5 rings (SSSR count). The van der Waals surface area contributed by atoms with E-state index in [2.05, 4.69) is 32.1 Å². The molecule has 0 aromatic carbocycles. The average Bonchev–Trinajstić information content (AvgIpc) is 3.22. The van der Waals surface area contributed by atoms with Crippen molar-refractivity contribution < 1.29 is 9.21 Å². The number of fused-ring (bicyclic) bond motifs is 5. The third kappa shape index (κ3) is 2.06. The van der Waals surface area contributed by atoms with Crippen LogP contribution >= 0.6 is 0 Å². The lowest BCUT2D eigenvalue weighted by Gasteiger charge is -2.57. The van der Waals surface area contributed by atoms with Crippen LogP contribution < -0.4 is 0 Å². The van der Waals surface area contributed by atoms with Gasteiger partial charge in [0.15, 0.2) is 0 Å². The molecule has 0 aliphatic heterocycles. The fraction of sp³-hybridized carbons (Fsp3) is 0.609. The largest absolute Gasteiger partial charge is 0.472 e. The molecule has 2 nitrogen and oxygen atoms in total. The first-order chi connectivity index (χ1) is 12.0. The van der Waals surface area contributed by atoms with Crippen LogP contribution in [-0.2, 0) is 4.79 Å². The highest BCUT2D eigenvalue weighted by atomic mass is 16.3. The maximum absolute atomic E-state index is 12.0. The third-order valence-corrected chi connectivity index (χ3v) is 8.35. The molecule has 0 saturated heterocycles. The lowest BCUT2D eigenvalue weighted by molar-refractivity contribution is -0.122. The Balaban J connectivity index is 1.49. The summed E-state index contributed by atoms with van der Waals surface area (Å²) in [7, 11) is 0. The van der Waals surface area contributed by atoms with Crippen molar-refractivity contribution in [1.29, 1.82) is 0 Å². The van der Waals surface area contributed by atoms with Crippen LogP contribution in [0.2, 0.25) is 0 Å². The highest BCUT2D eigenvalue weighted by Gasteiger charge is 2.56. The molecule has 0 bridgehead atoms. The summed E-state index contributed by atoms with van der Waals surface area (Å²) in [5, 5.41) is 0. The van der Waals surface area contributed by atoms with Crippen LogP contribution in [-0.4, -0.2) is 5.78 Å². The number of allylic oxidation sites excluding steroid dienone is 4. The van der Waals surface area contributed by atoms with Gasteiger partial charge in [-0.3, -0.25) is 4.79 Å². The molecule has 132 valence electrons. The summed E-state index contributed by atoms with van der Waals surface area (Å²) in [5.41, 5.74) is 4.83. The van der Waals surface area contributed by atoms with Crippen molar-refractivity contribution in [1.82, 2.24) is 0 Å². The van der Waals surface area contributed by atoms with E-state index in [0.29, 0.717) is 5.78 Å². The molecule has 0 spiro atoms. The Morgan fingerprint density at radius 3 is 2.76 bits per heavy atom. The van der Waals surface area contributed by atoms with Crippen LogP contribution in [0.25, 0.3) is 5.57 Å². The fourth-order valence-electron chi connectivity index (χ4n) is 6.91. The zero-order valence-electron chi connectivity index (χ0n) is 15.4. The molecule has 25 heavy (non-hydrogen) atoms. The summed E-state index contributed by atoms with van der Waals surface area (Å²) < 4.78 is 5.37. The van der Waals surface area contributed by atoms with Gasteiger partial charge < -0.3 is 4.42 Å². The van der Waals surface area contributed by atoms with Crippen LogP contribution in [0.15, 0.2) is 40.7 Å². The minimum Gasteiger partial charge on any atom is -0.472 e. The Kier molecular flexibility index (Phi) is 3.27. The van der Waals surface area contributed by atoms with Crippen LogP contribution in [0.1, 0.15) is 64.4 Å². The number of furan rings is 1. The molecule has 0 unspecified atom stereocenters. The maximum Gasteiger partial charge on any atom is 0.136 e. The van der Waals surface area contributed by atoms with Gasteiger partial charge in [0, 0.05) is 18.4 Å². The van der Waals surface area contributed by atoms with Crippen LogP contribution in [0.5, 0.6) is 0 Å². The van der Waals surface area contributed by atoms with E-state index >= 15 is 0 Å². The van der Waals surface area contributed by atoms with Gasteiger partial charge in [-0.15, -0.1) is 0 Å². The van der Waals surface area contributed by atoms with E-state index in [-0.39, 0.29) is 10.8 Å². The van der Waals surface area contributed by atoms with E-state index in [1.54, 1.807) is 6.26 Å². The van der Waals surface area contributed by atoms with Crippen molar-refractivity contribution in [3.8, 4) is 0 Å². The first-order valence-electron chi connectivity index (χ1n) is 9.97. The van der Waals surface area contributed by atoms with Crippen LogP contribution in [0.4, 0.5) is 0 Å². The molecule has 4 aliphatic rings. The summed E-state index contributed by atoms with van der Waals surface area (Å²) in [4.78, 5) is 12.0. The standard InChI is InChI=1S/C23H28O2/c1-22-10-7-17(24)13-16(22)3-4-18-20-6-5-19(15-9-12-25-14-15)23(20,2)11-8-21(18)22/h3,5,9,12,14,18,20-21H,4,6-8,10-11,13H2,1-2H3/t18-,20-,21-,22-,23+/m0/s1. The summed E-state index contributed by atoms with van der Waals surface area (Å²) in [6, 6.07) is 2.12. The van der Waals surface area contributed by atoms with Gasteiger partial charge in [0.2, 0.25) is 0 Å². The highest BCUT2D eigenvalue weighted by Crippen LogP contribution is 2.66. The van der Waals surface area contributed by atoms with E-state index < -0.39 is 0 Å². The van der Waals surface area contributed by atoms with Crippen molar-refractivity contribution in [2.75, 3.05) is 0 Å². The van der Waals surface area contributed by atoms with Crippen LogP contribution in [0, 0.1) is 28.6 Å². The minimum atomic E-state index is 0.274. The van der Waals surface area contributed by atoms with Crippen molar-refractivity contribution >= 4 is 11.4 Å². The molecular weight excluding hydrogens is 308 g/mol. The highest BCUT2D eigenvalue weighted by molar-refractivity contribution is 5.82. The Morgan fingerprint density at radius 2 is 1.96 bits per heavy atom. The first kappa shape index (κ1) is 15.7. The van der Waals surface area contributed by atoms with Crippen molar-refractivity contribution in [3.63, 3.8) is 0 Å². The third-order valence-electron chi connectivity index (χ3n) is 8.35. The second kappa shape index (κ2) is 5.22. The molecule has 0 amide bonds. The molecule has 2 fully saturated rings. The summed E-state index contributed by atoms with van der Waals surface area (Å²) in [5.74, 6) is 2.72. The zero-order valence-corrected chi connectivity index (χ0v) is 15.4. The van der Waals surface area contributed by atoms with Gasteiger partial charge in [-0.25, -0.2) is 0 Å². The van der Waals surface area contributed by atoms with Gasteiger partial charge in [0.1, 0.15) is 5.78 Å². The molecule has 4 aliphatic carbocycles. The minimum absolute atomic E-state index is 0.274. The van der Waals surface area contributed by atoms with E-state index in [4.69, 9.17) is 4.42 Å². The van der Waals surface area contributed by atoms with Crippen molar-refractivity contribution in [3.05, 3.63) is 41.9 Å². The number of rotatable bonds is 1. The van der Waals surface area contributed by atoms with E-state index in [1.807, 2.05) is 6.26 Å². The summed E-state index contributed by atoms with van der Waals surface area (Å²) in [6.45, 7) is 4.95. The number of carbonyl (C=O) groups excluding carboxylic acids is 1. The molecule has 1 heterocycles. The second-order valence-electron chi connectivity index (χ2n) is 9.30. The molecule has 0 radical (unpaired) electrons. The molecule has 5 atom stereocenters. The lowest BCUT2D eigenvalue weighted by Crippen LogP contribution is -2.49. The van der Waals surface area contributed by atoms with Gasteiger partial charge in [0.25, 0.3) is 0 Å². The Bertz CT molecular complexity index is 768. The molecular formula is C23H28O2. The fourth-order valence-corrected chi connectivity index (χ4v) is 6.91. The quantitative estimate of drug-likeness (QED) is 0.606. The predicted molar refractivity (Wildman–Crippen MR) is 98.8 cm³/mol. The van der Waals surface area contributed by atoms with Gasteiger partial charge >= 0.3 is 0 Å². The lowest BCUT2D eigenvalue weighted by atomic mass is 9.47. The van der Waals surface area contributed by atoms with E-state index in [0.717, 1.165) is 37.0 Å². The van der Waals surface area contributed by atoms with Crippen molar-refractivity contribution in [2.24, 2.45) is 28.6 Å². The Labute approximate surface area is 150 Å². The molecule has 2 heteroatoms. The number of Topliss-reactive ketones (excluding diaryl/α,β-unsaturated/α-hetero) is 1. The predicted octanol–water partition coefficient (Wildman–Crippen LogP) is 5.80. The smallest absolute Gasteiger partial charge is 0.136 e. The number of carbonyl (C=O) groups is 1. The monoisotopic (exact) mass is 336 g/mol. The normalized spacial score (nSPS) is 43.0. The Hall–Kier alpha value is -1.57. The molecule has 2 saturated carbocycles. The summed E-state index contributed by atoms with van der Waals surface area (Å²) in [6.07, 6.45) is 16.2. The SMILES string of the molecule is C[C@]12CCC(=O)CC1=CC[C@@H]1[C@@H]2CC[C@]2(C)C(c3ccoc3)=CC[C@@H]12. The maximum atomic E-state index is 12.0. The van der Waals surface area contributed by atoms with E-state index in [1.165, 1.54) is 42.4 Å². The number of ketones is 1. The molecule has 1 aromatic heterocycles. The molecule has 1 aromatic rings. The van der Waals surface area contributed by atoms with Crippen LogP contribution in [0.3, 0.4) is 0 Å². The molecule has 0 N–H and O–H groups in total. The van der Waals surface area contributed by atoms with Crippen molar-refractivity contribution in [2.45, 2.75) is 58.8 Å². The first-order valence-corrected chi connectivity index (χ1v) is 9.97. The van der Waals surface area contributed by atoms with Gasteiger partial charge in [-0.2, -0.15) is 0 Å². The zero-order chi connectivity index (χ0) is 17.2. The average molecular weight is 336 g/mol. The number of hydrogen-bond donors (Lipinski definition) is 0. The van der Waals surface area contributed by atoms with Gasteiger partial charge in [-0.05, 0) is 72.3 Å². The summed E-state index contributed by atoms with van der Waals surface area (Å²) >= 11 is 0. The van der Waals surface area contributed by atoms with Gasteiger partial charge in [-0.1, -0.05) is 31.6 Å². The number of hydrogen-bond acceptors (Lipinski definition) is 2. The van der Waals surface area contributed by atoms with E-state index in [9.17, 15) is 4.79 Å². The second-order valence-corrected chi connectivity index (χ2v) is 9.30. The Morgan fingerprint density at radius 1 is 1.08 bits per heavy atom.